The van der Waals surface area contributed by atoms with Crippen LogP contribution in [0.15, 0.2) is 42.5 Å². The first kappa shape index (κ1) is 15.7. The highest BCUT2D eigenvalue weighted by Gasteiger charge is 2.12. The number of benzene rings is 2. The second-order valence-corrected chi connectivity index (χ2v) is 5.79. The molecule has 3 heteroatoms. The monoisotopic (exact) mass is 286 g/mol. The summed E-state index contributed by atoms with van der Waals surface area (Å²) in [7, 11) is 2.04. The molecule has 0 amide bonds. The maximum Gasteiger partial charge on any atom is 0.123 e. The van der Waals surface area contributed by atoms with Gasteiger partial charge in [-0.3, -0.25) is 0 Å². The van der Waals surface area contributed by atoms with Crippen LogP contribution < -0.4 is 5.73 Å². The van der Waals surface area contributed by atoms with Gasteiger partial charge in [0.15, 0.2) is 0 Å². The zero-order valence-corrected chi connectivity index (χ0v) is 12.9. The lowest BCUT2D eigenvalue weighted by Crippen LogP contribution is -2.29. The van der Waals surface area contributed by atoms with Crippen LogP contribution in [-0.2, 0) is 6.54 Å². The molecule has 0 radical (unpaired) electrons. The molecule has 21 heavy (non-hydrogen) atoms. The number of hydrogen-bond donors (Lipinski definition) is 1. The van der Waals surface area contributed by atoms with Gasteiger partial charge in [-0.05, 0) is 49.7 Å². The number of nitrogens with two attached hydrogens (primary N) is 1. The van der Waals surface area contributed by atoms with E-state index in [1.807, 2.05) is 19.2 Å². The predicted molar refractivity (Wildman–Crippen MR) is 85.6 cm³/mol. The second-order valence-electron chi connectivity index (χ2n) is 5.79. The highest BCUT2D eigenvalue weighted by Crippen LogP contribution is 2.18. The fraction of sp³-hybridized carbons (Fsp3) is 0.333. The van der Waals surface area contributed by atoms with Crippen LogP contribution in [-0.4, -0.2) is 18.5 Å². The maximum atomic E-state index is 12.9. The number of hydrogen-bond acceptors (Lipinski definition) is 2. The van der Waals surface area contributed by atoms with E-state index in [1.165, 1.54) is 28.8 Å². The summed E-state index contributed by atoms with van der Waals surface area (Å²) in [6.45, 7) is 5.70. The zero-order valence-electron chi connectivity index (χ0n) is 12.9. The third kappa shape index (κ3) is 4.38. The lowest BCUT2D eigenvalue weighted by atomic mass is 9.99. The molecule has 0 aliphatic carbocycles. The smallest absolute Gasteiger partial charge is 0.123 e. The van der Waals surface area contributed by atoms with Gasteiger partial charge in [0.05, 0.1) is 0 Å². The van der Waals surface area contributed by atoms with Crippen molar-refractivity contribution in [3.63, 3.8) is 0 Å². The minimum atomic E-state index is -0.200. The zero-order chi connectivity index (χ0) is 15.4. The van der Waals surface area contributed by atoms with Gasteiger partial charge in [-0.25, -0.2) is 4.39 Å². The van der Waals surface area contributed by atoms with Crippen molar-refractivity contribution >= 4 is 0 Å². The number of nitrogens with zero attached hydrogens (tertiary/aromatic N) is 1. The highest BCUT2D eigenvalue weighted by molar-refractivity contribution is 5.33. The molecule has 1 unspecified atom stereocenters. The Bertz CT molecular complexity index is 593. The molecule has 0 heterocycles. The van der Waals surface area contributed by atoms with Gasteiger partial charge in [0, 0.05) is 19.1 Å². The largest absolute Gasteiger partial charge is 0.323 e. The van der Waals surface area contributed by atoms with Crippen LogP contribution in [0.25, 0.3) is 0 Å². The van der Waals surface area contributed by atoms with Crippen LogP contribution in [0, 0.1) is 19.7 Å². The summed E-state index contributed by atoms with van der Waals surface area (Å²) in [5.41, 5.74) is 11.1. The summed E-state index contributed by atoms with van der Waals surface area (Å²) >= 11 is 0. The lowest BCUT2D eigenvalue weighted by molar-refractivity contribution is 0.305. The predicted octanol–water partition coefficient (Wildman–Crippen LogP) is 3.57. The fourth-order valence-electron chi connectivity index (χ4n) is 2.56. The van der Waals surface area contributed by atoms with E-state index in [2.05, 4.69) is 36.9 Å². The average Bonchev–Trinajstić information content (AvgIpc) is 2.44. The number of rotatable bonds is 5. The Kier molecular flexibility index (Phi) is 5.10. The number of likely N-dealkylation sites (N-methyl/N-ethyl adjacent to an activating group) is 1. The Labute approximate surface area is 126 Å². The van der Waals surface area contributed by atoms with Crippen molar-refractivity contribution in [2.75, 3.05) is 13.6 Å². The van der Waals surface area contributed by atoms with E-state index in [1.54, 1.807) is 0 Å². The Morgan fingerprint density at radius 1 is 1.10 bits per heavy atom. The van der Waals surface area contributed by atoms with Crippen molar-refractivity contribution in [2.45, 2.75) is 26.4 Å². The quantitative estimate of drug-likeness (QED) is 0.910. The van der Waals surface area contributed by atoms with Crippen LogP contribution in [0.4, 0.5) is 4.39 Å². The molecule has 2 rings (SSSR count). The second kappa shape index (κ2) is 6.83. The molecule has 0 aliphatic rings. The molecule has 0 bridgehead atoms. The first-order chi connectivity index (χ1) is 9.95. The van der Waals surface area contributed by atoms with Gasteiger partial charge in [0.2, 0.25) is 0 Å². The van der Waals surface area contributed by atoms with Crippen molar-refractivity contribution in [2.24, 2.45) is 5.73 Å². The topological polar surface area (TPSA) is 29.3 Å². The molecule has 0 saturated carbocycles. The minimum Gasteiger partial charge on any atom is -0.323 e. The summed E-state index contributed by atoms with van der Waals surface area (Å²) in [6, 6.07) is 13.0. The van der Waals surface area contributed by atoms with E-state index < -0.39 is 0 Å². The average molecular weight is 286 g/mol. The van der Waals surface area contributed by atoms with Gasteiger partial charge in [0.1, 0.15) is 5.82 Å². The molecule has 112 valence electrons. The summed E-state index contributed by atoms with van der Waals surface area (Å²) in [4.78, 5) is 2.17. The molecular formula is C18H23FN2. The summed E-state index contributed by atoms with van der Waals surface area (Å²) < 4.78 is 12.9. The van der Waals surface area contributed by atoms with Crippen LogP contribution in [0.2, 0.25) is 0 Å². The van der Waals surface area contributed by atoms with E-state index in [0.29, 0.717) is 0 Å². The molecule has 2 aromatic carbocycles. The molecule has 2 N–H and O–H groups in total. The van der Waals surface area contributed by atoms with Crippen LogP contribution >= 0.6 is 0 Å². The fourth-order valence-corrected chi connectivity index (χ4v) is 2.56. The van der Waals surface area contributed by atoms with Crippen molar-refractivity contribution in [3.8, 4) is 0 Å². The maximum absolute atomic E-state index is 12.9. The van der Waals surface area contributed by atoms with Crippen molar-refractivity contribution < 1.29 is 4.39 Å². The van der Waals surface area contributed by atoms with E-state index in [0.717, 1.165) is 18.7 Å². The molecule has 0 fully saturated rings. The van der Waals surface area contributed by atoms with Crippen LogP contribution in [0.1, 0.15) is 28.3 Å². The van der Waals surface area contributed by atoms with Gasteiger partial charge in [0.25, 0.3) is 0 Å². The lowest BCUT2D eigenvalue weighted by Gasteiger charge is -2.23. The summed E-state index contributed by atoms with van der Waals surface area (Å²) in [5.74, 6) is -0.200. The molecule has 0 aromatic heterocycles. The Hall–Kier alpha value is -1.71. The van der Waals surface area contributed by atoms with Gasteiger partial charge in [-0.1, -0.05) is 35.9 Å². The first-order valence-corrected chi connectivity index (χ1v) is 7.21. The molecule has 2 nitrogen and oxygen atoms in total. The number of halogens is 1. The van der Waals surface area contributed by atoms with Crippen LogP contribution in [0.5, 0.6) is 0 Å². The Morgan fingerprint density at radius 3 is 2.43 bits per heavy atom. The van der Waals surface area contributed by atoms with E-state index >= 15 is 0 Å². The molecule has 0 saturated heterocycles. The first-order valence-electron chi connectivity index (χ1n) is 7.21. The van der Waals surface area contributed by atoms with Crippen molar-refractivity contribution in [3.05, 3.63) is 70.5 Å². The summed E-state index contributed by atoms with van der Waals surface area (Å²) in [6.07, 6.45) is 0. The minimum absolute atomic E-state index is 0.0182. The molecule has 2 aromatic rings. The van der Waals surface area contributed by atoms with Gasteiger partial charge in [-0.2, -0.15) is 0 Å². The SMILES string of the molecule is Cc1ccc(C)c(C(N)CN(C)Cc2ccc(F)cc2)c1. The molecule has 0 aliphatic heterocycles. The third-order valence-electron chi connectivity index (χ3n) is 3.71. The van der Waals surface area contributed by atoms with E-state index in [9.17, 15) is 4.39 Å². The van der Waals surface area contributed by atoms with Crippen molar-refractivity contribution in [1.29, 1.82) is 0 Å². The molecule has 0 spiro atoms. The van der Waals surface area contributed by atoms with Crippen LogP contribution in [0.3, 0.4) is 0 Å². The van der Waals surface area contributed by atoms with Gasteiger partial charge < -0.3 is 10.6 Å². The Morgan fingerprint density at radius 2 is 1.76 bits per heavy atom. The Balaban J connectivity index is 2.00. The molecule has 1 atom stereocenters. The summed E-state index contributed by atoms with van der Waals surface area (Å²) in [5, 5.41) is 0. The van der Waals surface area contributed by atoms with Gasteiger partial charge in [-0.15, -0.1) is 0 Å². The standard InChI is InChI=1S/C18H23FN2/c1-13-4-5-14(2)17(10-13)18(20)12-21(3)11-15-6-8-16(19)9-7-15/h4-10,18H,11-12,20H2,1-3H3. The third-order valence-corrected chi connectivity index (χ3v) is 3.71. The van der Waals surface area contributed by atoms with Crippen molar-refractivity contribution in [1.82, 2.24) is 4.90 Å². The van der Waals surface area contributed by atoms with E-state index in [-0.39, 0.29) is 11.9 Å². The normalized spacial score (nSPS) is 12.7. The highest BCUT2D eigenvalue weighted by atomic mass is 19.1. The molecular weight excluding hydrogens is 263 g/mol. The van der Waals surface area contributed by atoms with E-state index in [4.69, 9.17) is 5.73 Å². The van der Waals surface area contributed by atoms with Gasteiger partial charge >= 0.3 is 0 Å². The number of aryl methyl sites for hydroxylation is 2.